The highest BCUT2D eigenvalue weighted by molar-refractivity contribution is 5.74. The SMILES string of the molecule is CC(=O)N1C2CCC1CN(Cc1cc(C(F)(F)F)c3cn(C4=CC=CC([C@H](c5nncn5C)C5CCC5)C4)c(=O)n3c1)C2. The van der Waals surface area contributed by atoms with Gasteiger partial charge in [-0.25, -0.2) is 4.79 Å². The number of hydrogen-bond donors (Lipinski definition) is 0. The number of piperazine rings is 1. The fourth-order valence-corrected chi connectivity index (χ4v) is 7.91. The number of amides is 1. The zero-order valence-electron chi connectivity index (χ0n) is 24.4. The van der Waals surface area contributed by atoms with Crippen LogP contribution in [-0.4, -0.2) is 64.6 Å². The third-order valence-corrected chi connectivity index (χ3v) is 10.0. The van der Waals surface area contributed by atoms with Crippen molar-refractivity contribution in [2.75, 3.05) is 13.1 Å². The minimum absolute atomic E-state index is 0.0461. The first kappa shape index (κ1) is 28.1. The molecule has 1 amide bonds. The molecule has 228 valence electrons. The maximum atomic E-state index is 14.4. The lowest BCUT2D eigenvalue weighted by Crippen LogP contribution is -2.54. The van der Waals surface area contributed by atoms with Crippen molar-refractivity contribution in [2.45, 2.75) is 76.2 Å². The van der Waals surface area contributed by atoms with Crippen LogP contribution < -0.4 is 5.69 Å². The van der Waals surface area contributed by atoms with Crippen LogP contribution in [0.15, 0.2) is 47.8 Å². The fraction of sp³-hybridized carbons (Fsp3) is 0.548. The predicted octanol–water partition coefficient (Wildman–Crippen LogP) is 4.44. The van der Waals surface area contributed by atoms with Gasteiger partial charge in [-0.15, -0.1) is 10.2 Å². The van der Waals surface area contributed by atoms with Gasteiger partial charge in [0.25, 0.3) is 0 Å². The molecule has 5 heterocycles. The summed E-state index contributed by atoms with van der Waals surface area (Å²) in [5.74, 6) is 1.56. The summed E-state index contributed by atoms with van der Waals surface area (Å²) in [6.07, 6.45) is 11.5. The van der Waals surface area contributed by atoms with Gasteiger partial charge in [0.15, 0.2) is 0 Å². The lowest BCUT2D eigenvalue weighted by Gasteiger charge is -2.40. The Kier molecular flexibility index (Phi) is 6.87. The van der Waals surface area contributed by atoms with Gasteiger partial charge in [0.2, 0.25) is 5.91 Å². The van der Waals surface area contributed by atoms with Crippen LogP contribution in [0.2, 0.25) is 0 Å². The van der Waals surface area contributed by atoms with Gasteiger partial charge in [-0.3, -0.25) is 18.7 Å². The van der Waals surface area contributed by atoms with Gasteiger partial charge in [0, 0.05) is 69.7 Å². The first-order chi connectivity index (χ1) is 20.6. The molecule has 4 atom stereocenters. The minimum Gasteiger partial charge on any atom is -0.334 e. The predicted molar refractivity (Wildman–Crippen MR) is 154 cm³/mol. The molecule has 3 fully saturated rings. The Hall–Kier alpha value is -3.67. The highest BCUT2D eigenvalue weighted by Crippen LogP contribution is 2.46. The molecule has 7 rings (SSSR count). The van der Waals surface area contributed by atoms with Crippen LogP contribution in [0, 0.1) is 11.8 Å². The Morgan fingerprint density at radius 2 is 1.86 bits per heavy atom. The Morgan fingerprint density at radius 1 is 1.12 bits per heavy atom. The first-order valence-electron chi connectivity index (χ1n) is 15.1. The molecular weight excluding hydrogens is 559 g/mol. The maximum Gasteiger partial charge on any atom is 0.418 e. The second-order valence-corrected chi connectivity index (χ2v) is 12.7. The van der Waals surface area contributed by atoms with Crippen molar-refractivity contribution in [1.29, 1.82) is 0 Å². The summed E-state index contributed by atoms with van der Waals surface area (Å²) in [4.78, 5) is 29.9. The van der Waals surface area contributed by atoms with E-state index in [9.17, 15) is 22.8 Å². The number of hydrogen-bond acceptors (Lipinski definition) is 5. The average Bonchev–Trinajstić information content (AvgIpc) is 3.59. The lowest BCUT2D eigenvalue weighted by molar-refractivity contribution is -0.137. The number of carbonyl (C=O) groups excluding carboxylic acids is 1. The van der Waals surface area contributed by atoms with E-state index in [1.807, 2.05) is 28.7 Å². The summed E-state index contributed by atoms with van der Waals surface area (Å²) in [7, 11) is 1.93. The summed E-state index contributed by atoms with van der Waals surface area (Å²) in [5.41, 5.74) is -0.389. The number of pyridine rings is 1. The molecule has 3 aromatic heterocycles. The van der Waals surface area contributed by atoms with Crippen molar-refractivity contribution in [3.8, 4) is 0 Å². The molecule has 3 unspecified atom stereocenters. The van der Waals surface area contributed by atoms with Crippen molar-refractivity contribution in [3.05, 3.63) is 70.5 Å². The number of imidazole rings is 1. The van der Waals surface area contributed by atoms with Crippen LogP contribution in [0.4, 0.5) is 13.2 Å². The van der Waals surface area contributed by atoms with Crippen molar-refractivity contribution < 1.29 is 18.0 Å². The van der Waals surface area contributed by atoms with E-state index < -0.39 is 17.4 Å². The van der Waals surface area contributed by atoms with Crippen molar-refractivity contribution in [3.63, 3.8) is 0 Å². The van der Waals surface area contributed by atoms with Crippen LogP contribution in [0.1, 0.15) is 68.3 Å². The van der Waals surface area contributed by atoms with E-state index in [1.54, 1.807) is 19.4 Å². The zero-order valence-corrected chi connectivity index (χ0v) is 24.4. The number of halogens is 3. The Balaban J connectivity index is 1.20. The second kappa shape index (κ2) is 10.5. The Morgan fingerprint density at radius 3 is 2.47 bits per heavy atom. The van der Waals surface area contributed by atoms with Crippen molar-refractivity contribution >= 4 is 17.1 Å². The van der Waals surface area contributed by atoms with Gasteiger partial charge in [-0.2, -0.15) is 13.2 Å². The van der Waals surface area contributed by atoms with E-state index in [1.165, 1.54) is 23.3 Å². The molecular formula is C31H36F3N7O2. The molecule has 2 aliphatic heterocycles. The first-order valence-corrected chi connectivity index (χ1v) is 15.1. The molecule has 2 saturated heterocycles. The molecule has 9 nitrogen and oxygen atoms in total. The molecule has 0 radical (unpaired) electrons. The highest BCUT2D eigenvalue weighted by atomic mass is 19.4. The van der Waals surface area contributed by atoms with E-state index in [2.05, 4.69) is 21.2 Å². The van der Waals surface area contributed by atoms with Gasteiger partial charge >= 0.3 is 11.9 Å². The van der Waals surface area contributed by atoms with E-state index in [-0.39, 0.29) is 41.9 Å². The average molecular weight is 596 g/mol. The normalized spacial score (nSPS) is 25.3. The fourth-order valence-electron chi connectivity index (χ4n) is 7.91. The number of carbonyl (C=O) groups is 1. The minimum atomic E-state index is -4.63. The highest BCUT2D eigenvalue weighted by Gasteiger charge is 2.42. The van der Waals surface area contributed by atoms with Gasteiger partial charge in [-0.05, 0) is 61.6 Å². The van der Waals surface area contributed by atoms with Gasteiger partial charge in [0.05, 0.1) is 11.1 Å². The third-order valence-electron chi connectivity index (χ3n) is 10.0. The molecule has 0 spiro atoms. The van der Waals surface area contributed by atoms with E-state index in [0.717, 1.165) is 35.9 Å². The summed E-state index contributed by atoms with van der Waals surface area (Å²) in [6, 6.07) is 1.34. The quantitative estimate of drug-likeness (QED) is 0.421. The van der Waals surface area contributed by atoms with E-state index in [0.29, 0.717) is 36.7 Å². The van der Waals surface area contributed by atoms with Crippen LogP contribution in [0.3, 0.4) is 0 Å². The molecule has 43 heavy (non-hydrogen) atoms. The van der Waals surface area contributed by atoms with E-state index >= 15 is 0 Å². The number of alkyl halides is 3. The van der Waals surface area contributed by atoms with Gasteiger partial charge in [0.1, 0.15) is 12.2 Å². The van der Waals surface area contributed by atoms with Crippen LogP contribution >= 0.6 is 0 Å². The molecule has 4 aliphatic rings. The molecule has 2 aliphatic carbocycles. The Bertz CT molecular complexity index is 1660. The smallest absolute Gasteiger partial charge is 0.334 e. The van der Waals surface area contributed by atoms with Crippen LogP contribution in [0.5, 0.6) is 0 Å². The number of nitrogens with zero attached hydrogens (tertiary/aromatic N) is 7. The number of likely N-dealkylation sites (tertiary alicyclic amines) is 1. The summed E-state index contributed by atoms with van der Waals surface area (Å²) >= 11 is 0. The molecule has 0 aromatic carbocycles. The van der Waals surface area contributed by atoms with Crippen molar-refractivity contribution in [2.24, 2.45) is 18.9 Å². The molecule has 0 N–H and O–H groups in total. The van der Waals surface area contributed by atoms with Gasteiger partial charge in [-0.1, -0.05) is 18.6 Å². The lowest BCUT2D eigenvalue weighted by atomic mass is 9.68. The molecule has 12 heteroatoms. The summed E-state index contributed by atoms with van der Waals surface area (Å²) in [5, 5.41) is 8.50. The Labute approximate surface area is 247 Å². The van der Waals surface area contributed by atoms with Crippen molar-refractivity contribution in [1.82, 2.24) is 33.5 Å². The largest absolute Gasteiger partial charge is 0.418 e. The molecule has 2 bridgehead atoms. The number of aromatic nitrogens is 5. The number of fused-ring (bicyclic) bond motifs is 3. The summed E-state index contributed by atoms with van der Waals surface area (Å²) in [6.45, 7) is 3.08. The van der Waals surface area contributed by atoms with Crippen LogP contribution in [-0.2, 0) is 24.6 Å². The number of rotatable bonds is 6. The van der Waals surface area contributed by atoms with Gasteiger partial charge < -0.3 is 9.47 Å². The maximum absolute atomic E-state index is 14.4. The topological polar surface area (TPSA) is 80.7 Å². The molecule has 1 saturated carbocycles. The standard InChI is InChI=1S/C31H36F3N7O2/c1-19(42)41-24-9-10-25(41)16-38(15-24)13-20-11-26(31(32,33)34)27-17-39(30(43)40(27)14-20)23-8-4-7-22(12-23)28(21-5-3-6-21)29-36-35-18-37(29)2/h4,7-8,11,14,17-18,21-22,24-25,28H,3,5-6,9-10,12-13,15-16H2,1-2H3/t22?,24?,25?,28-/m1/s1. The zero-order chi connectivity index (χ0) is 30.0. The third kappa shape index (κ3) is 4.93. The molecule has 3 aromatic rings. The number of aryl methyl sites for hydroxylation is 1. The monoisotopic (exact) mass is 595 g/mol. The van der Waals surface area contributed by atoms with Crippen LogP contribution in [0.25, 0.3) is 11.2 Å². The second-order valence-electron chi connectivity index (χ2n) is 12.7. The van der Waals surface area contributed by atoms with E-state index in [4.69, 9.17) is 0 Å². The summed E-state index contributed by atoms with van der Waals surface area (Å²) < 4.78 is 47.7. The number of allylic oxidation sites excluding steroid dienone is 4.